The molecule has 0 atom stereocenters. The third-order valence-corrected chi connectivity index (χ3v) is 4.69. The monoisotopic (exact) mass is 375 g/mol. The Hall–Kier alpha value is -2.31. The molecular formula is C19H22ClN3O3. The number of rotatable bonds is 5. The zero-order valence-corrected chi connectivity index (χ0v) is 15.5. The van der Waals surface area contributed by atoms with Gasteiger partial charge >= 0.3 is 0 Å². The molecule has 1 aromatic carbocycles. The Kier molecular flexibility index (Phi) is 5.96. The van der Waals surface area contributed by atoms with Crippen LogP contribution in [-0.4, -0.2) is 60.0 Å². The van der Waals surface area contributed by atoms with E-state index in [1.807, 2.05) is 12.1 Å². The van der Waals surface area contributed by atoms with E-state index in [0.717, 1.165) is 31.1 Å². The quantitative estimate of drug-likeness (QED) is 0.869. The van der Waals surface area contributed by atoms with Gasteiger partial charge in [-0.1, -0.05) is 11.6 Å². The van der Waals surface area contributed by atoms with Crippen LogP contribution in [-0.2, 0) is 0 Å². The molecule has 26 heavy (non-hydrogen) atoms. The molecule has 0 aliphatic carbocycles. The van der Waals surface area contributed by atoms with E-state index in [4.69, 9.17) is 16.3 Å². The van der Waals surface area contributed by atoms with Gasteiger partial charge in [-0.15, -0.1) is 0 Å². The number of carbonyl (C=O) groups is 1. The second-order valence-corrected chi connectivity index (χ2v) is 6.76. The number of carbonyl (C=O) groups excluding carboxylic acids is 1. The Labute approximate surface area is 157 Å². The second kappa shape index (κ2) is 8.38. The zero-order valence-electron chi connectivity index (χ0n) is 14.7. The van der Waals surface area contributed by atoms with E-state index in [1.54, 1.807) is 36.1 Å². The maximum absolute atomic E-state index is 12.5. The molecule has 1 amide bonds. The van der Waals surface area contributed by atoms with Crippen LogP contribution in [0, 0.1) is 6.92 Å². The smallest absolute Gasteiger partial charge is 0.260 e. The van der Waals surface area contributed by atoms with Crippen molar-refractivity contribution in [2.45, 2.75) is 6.92 Å². The zero-order chi connectivity index (χ0) is 18.5. The summed E-state index contributed by atoms with van der Waals surface area (Å²) in [7, 11) is 0. The predicted octanol–water partition coefficient (Wildman–Crippen LogP) is 2.17. The number of nitrogens with zero attached hydrogens (tertiary/aromatic N) is 2. The number of aryl methyl sites for hydroxylation is 1. The first-order chi connectivity index (χ1) is 12.5. The highest BCUT2D eigenvalue weighted by Gasteiger charge is 2.23. The molecule has 2 heterocycles. The van der Waals surface area contributed by atoms with Gasteiger partial charge in [-0.3, -0.25) is 14.5 Å². The molecule has 3 rings (SSSR count). The number of halogens is 1. The van der Waals surface area contributed by atoms with Crippen LogP contribution in [0.3, 0.4) is 0 Å². The number of aromatic amines is 1. The summed E-state index contributed by atoms with van der Waals surface area (Å²) in [6, 6.07) is 10.6. The van der Waals surface area contributed by atoms with Gasteiger partial charge in [0.25, 0.3) is 11.5 Å². The average molecular weight is 376 g/mol. The van der Waals surface area contributed by atoms with Crippen LogP contribution in [0.25, 0.3) is 0 Å². The number of nitrogens with one attached hydrogen (secondary N) is 1. The molecule has 1 saturated heterocycles. The number of hydrogen-bond donors (Lipinski definition) is 1. The minimum atomic E-state index is -0.325. The molecule has 0 bridgehead atoms. The van der Waals surface area contributed by atoms with Crippen LogP contribution in [0.4, 0.5) is 0 Å². The average Bonchev–Trinajstić information content (AvgIpc) is 2.63. The number of piperazine rings is 1. The third-order valence-electron chi connectivity index (χ3n) is 4.44. The summed E-state index contributed by atoms with van der Waals surface area (Å²) in [4.78, 5) is 31.1. The Balaban J connectivity index is 1.45. The summed E-state index contributed by atoms with van der Waals surface area (Å²) in [6.45, 7) is 5.89. The van der Waals surface area contributed by atoms with Crippen molar-refractivity contribution in [1.82, 2.24) is 14.8 Å². The van der Waals surface area contributed by atoms with Gasteiger partial charge in [0.15, 0.2) is 0 Å². The fourth-order valence-corrected chi connectivity index (χ4v) is 3.03. The topological polar surface area (TPSA) is 65.6 Å². The van der Waals surface area contributed by atoms with E-state index in [2.05, 4.69) is 9.88 Å². The number of ether oxygens (including phenoxy) is 1. The Morgan fingerprint density at radius 3 is 2.46 bits per heavy atom. The third kappa shape index (κ3) is 4.65. The minimum absolute atomic E-state index is 0.204. The number of aromatic nitrogens is 1. The molecule has 1 aromatic heterocycles. The Bertz CT molecular complexity index is 812. The van der Waals surface area contributed by atoms with Gasteiger partial charge in [0.05, 0.1) is 0 Å². The van der Waals surface area contributed by atoms with Crippen LogP contribution in [0.2, 0.25) is 5.02 Å². The summed E-state index contributed by atoms with van der Waals surface area (Å²) >= 11 is 5.85. The summed E-state index contributed by atoms with van der Waals surface area (Å²) in [5, 5.41) is 0.686. The van der Waals surface area contributed by atoms with E-state index in [0.29, 0.717) is 24.7 Å². The van der Waals surface area contributed by atoms with Gasteiger partial charge in [0, 0.05) is 43.4 Å². The van der Waals surface area contributed by atoms with E-state index < -0.39 is 0 Å². The van der Waals surface area contributed by atoms with Crippen molar-refractivity contribution in [1.29, 1.82) is 0 Å². The normalized spacial score (nSPS) is 15.1. The largest absolute Gasteiger partial charge is 0.492 e. The molecule has 7 heteroatoms. The van der Waals surface area contributed by atoms with E-state index in [-0.39, 0.29) is 17.0 Å². The predicted molar refractivity (Wildman–Crippen MR) is 101 cm³/mol. The van der Waals surface area contributed by atoms with Gasteiger partial charge in [-0.25, -0.2) is 0 Å². The lowest BCUT2D eigenvalue weighted by molar-refractivity contribution is 0.0618. The lowest BCUT2D eigenvalue weighted by Crippen LogP contribution is -2.50. The molecular weight excluding hydrogens is 354 g/mol. The van der Waals surface area contributed by atoms with Crippen molar-refractivity contribution < 1.29 is 9.53 Å². The van der Waals surface area contributed by atoms with Gasteiger partial charge in [-0.05, 0) is 43.3 Å². The Morgan fingerprint density at radius 2 is 1.81 bits per heavy atom. The molecule has 0 saturated carbocycles. The molecule has 6 nitrogen and oxygen atoms in total. The highest BCUT2D eigenvalue weighted by Crippen LogP contribution is 2.15. The molecule has 0 spiro atoms. The number of pyridine rings is 1. The van der Waals surface area contributed by atoms with Gasteiger partial charge < -0.3 is 14.6 Å². The highest BCUT2D eigenvalue weighted by molar-refractivity contribution is 6.30. The Morgan fingerprint density at radius 1 is 1.12 bits per heavy atom. The highest BCUT2D eigenvalue weighted by atomic mass is 35.5. The first-order valence-electron chi connectivity index (χ1n) is 8.63. The van der Waals surface area contributed by atoms with Crippen molar-refractivity contribution in [3.63, 3.8) is 0 Å². The van der Waals surface area contributed by atoms with Crippen molar-refractivity contribution in [3.05, 3.63) is 63.0 Å². The first-order valence-corrected chi connectivity index (χ1v) is 9.00. The van der Waals surface area contributed by atoms with Crippen molar-refractivity contribution in [3.8, 4) is 5.75 Å². The molecule has 1 N–H and O–H groups in total. The van der Waals surface area contributed by atoms with Crippen molar-refractivity contribution in [2.24, 2.45) is 0 Å². The maximum atomic E-state index is 12.5. The standard InChI is InChI=1S/C19H22ClN3O3/c1-14-2-7-17(18(24)21-14)19(25)23-10-8-22(9-11-23)12-13-26-16-5-3-15(20)4-6-16/h2-7H,8-13H2,1H3,(H,21,24). The lowest BCUT2D eigenvalue weighted by Gasteiger charge is -2.34. The second-order valence-electron chi connectivity index (χ2n) is 6.32. The van der Waals surface area contributed by atoms with Crippen LogP contribution >= 0.6 is 11.6 Å². The molecule has 2 aromatic rings. The molecule has 1 aliphatic rings. The van der Waals surface area contributed by atoms with E-state index in [1.165, 1.54) is 0 Å². The number of hydrogen-bond acceptors (Lipinski definition) is 4. The molecule has 138 valence electrons. The SMILES string of the molecule is Cc1ccc(C(=O)N2CCN(CCOc3ccc(Cl)cc3)CC2)c(=O)[nH]1. The summed E-state index contributed by atoms with van der Waals surface area (Å²) in [5.41, 5.74) is 0.626. The molecule has 1 aliphatic heterocycles. The first kappa shape index (κ1) is 18.5. The summed E-state index contributed by atoms with van der Waals surface area (Å²) in [5.74, 6) is 0.588. The number of H-pyrrole nitrogens is 1. The van der Waals surface area contributed by atoms with Crippen molar-refractivity contribution in [2.75, 3.05) is 39.3 Å². The van der Waals surface area contributed by atoms with Crippen LogP contribution in [0.1, 0.15) is 16.1 Å². The summed E-state index contributed by atoms with van der Waals surface area (Å²) < 4.78 is 5.71. The van der Waals surface area contributed by atoms with Crippen LogP contribution in [0.15, 0.2) is 41.2 Å². The maximum Gasteiger partial charge on any atom is 0.260 e. The van der Waals surface area contributed by atoms with E-state index >= 15 is 0 Å². The van der Waals surface area contributed by atoms with Crippen LogP contribution < -0.4 is 10.3 Å². The number of benzene rings is 1. The molecule has 1 fully saturated rings. The van der Waals surface area contributed by atoms with Crippen molar-refractivity contribution >= 4 is 17.5 Å². The fourth-order valence-electron chi connectivity index (χ4n) is 2.91. The number of amides is 1. The van der Waals surface area contributed by atoms with E-state index in [9.17, 15) is 9.59 Å². The minimum Gasteiger partial charge on any atom is -0.492 e. The fraction of sp³-hybridized carbons (Fsp3) is 0.368. The van der Waals surface area contributed by atoms with Gasteiger partial charge in [-0.2, -0.15) is 0 Å². The molecule has 0 radical (unpaired) electrons. The van der Waals surface area contributed by atoms with Gasteiger partial charge in [0.1, 0.15) is 17.9 Å². The van der Waals surface area contributed by atoms with Crippen LogP contribution in [0.5, 0.6) is 5.75 Å². The lowest BCUT2D eigenvalue weighted by atomic mass is 10.2. The van der Waals surface area contributed by atoms with Gasteiger partial charge in [0.2, 0.25) is 0 Å². The summed E-state index contributed by atoms with van der Waals surface area (Å²) in [6.07, 6.45) is 0. The molecule has 0 unspecified atom stereocenters.